The molecule has 0 aliphatic rings. The summed E-state index contributed by atoms with van der Waals surface area (Å²) in [7, 11) is 0. The molecule has 0 aromatic heterocycles. The van der Waals surface area contributed by atoms with Crippen molar-refractivity contribution >= 4 is 59.4 Å². The molecule has 0 aliphatic carbocycles. The number of carbonyl (C=O) groups excluding carboxylic acids is 1. The van der Waals surface area contributed by atoms with E-state index < -0.39 is 0 Å². The Morgan fingerprint density at radius 3 is 1.61 bits per heavy atom. The Morgan fingerprint density at radius 2 is 1.16 bits per heavy atom. The van der Waals surface area contributed by atoms with Gasteiger partial charge in [-0.3, -0.25) is 4.79 Å². The maximum Gasteiger partial charge on any atom is 0.308 e. The molecule has 1 atom stereocenters. The molecule has 5 heteroatoms. The molecule has 0 saturated heterocycles. The number of hydrogen-bond donors (Lipinski definition) is 0. The highest BCUT2D eigenvalue weighted by atomic mass is 79.9. The highest BCUT2D eigenvalue weighted by Crippen LogP contribution is 2.45. The molecule has 0 heterocycles. The summed E-state index contributed by atoms with van der Waals surface area (Å²) in [4.78, 5) is 12.2. The van der Waals surface area contributed by atoms with Gasteiger partial charge in [-0.1, -0.05) is 111 Å². The van der Waals surface area contributed by atoms with Crippen LogP contribution >= 0.6 is 31.9 Å². The van der Waals surface area contributed by atoms with Gasteiger partial charge in [-0.2, -0.15) is 0 Å². The molecule has 5 rings (SSSR count). The summed E-state index contributed by atoms with van der Waals surface area (Å²) >= 11 is 7.99. The molecule has 0 amide bonds. The highest BCUT2D eigenvalue weighted by Gasteiger charge is 2.29. The van der Waals surface area contributed by atoms with Crippen molar-refractivity contribution in [2.24, 2.45) is 5.92 Å². The quantitative estimate of drug-likeness (QED) is 0.0803. The largest absolute Gasteiger partial charge is 0.493 e. The Labute approximate surface area is 310 Å². The van der Waals surface area contributed by atoms with E-state index in [0.29, 0.717) is 11.7 Å². The first-order chi connectivity index (χ1) is 23.1. The number of esters is 1. The van der Waals surface area contributed by atoms with Gasteiger partial charge in [0.05, 0.1) is 6.61 Å². The van der Waals surface area contributed by atoms with Crippen LogP contribution in [-0.2, 0) is 15.6 Å². The molecule has 1 unspecified atom stereocenters. The number of halogens is 2. The van der Waals surface area contributed by atoms with Crippen molar-refractivity contribution in [2.75, 3.05) is 6.61 Å². The van der Waals surface area contributed by atoms with E-state index in [2.05, 4.69) is 160 Å². The minimum Gasteiger partial charge on any atom is -0.493 e. The normalized spacial score (nSPS) is 12.8. The maximum absolute atomic E-state index is 12.2. The average Bonchev–Trinajstić information content (AvgIpc) is 3.06. The third-order valence-electron chi connectivity index (χ3n) is 9.49. The summed E-state index contributed by atoms with van der Waals surface area (Å²) in [6.45, 7) is 19.7. The summed E-state index contributed by atoms with van der Waals surface area (Å²) in [6.07, 6.45) is 4.86. The first kappa shape index (κ1) is 37.1. The smallest absolute Gasteiger partial charge is 0.308 e. The highest BCUT2D eigenvalue weighted by molar-refractivity contribution is 9.11. The van der Waals surface area contributed by atoms with Crippen LogP contribution in [0, 0.1) is 5.92 Å². The molecular weight excluding hydrogens is 736 g/mol. The van der Waals surface area contributed by atoms with Crippen LogP contribution in [0.5, 0.6) is 11.5 Å². The zero-order valence-corrected chi connectivity index (χ0v) is 33.7. The fourth-order valence-electron chi connectivity index (χ4n) is 6.50. The predicted octanol–water partition coefficient (Wildman–Crippen LogP) is 14.0. The zero-order valence-electron chi connectivity index (χ0n) is 30.5. The minimum atomic E-state index is -0.303. The van der Waals surface area contributed by atoms with Crippen molar-refractivity contribution in [3.8, 4) is 33.8 Å². The standard InChI is InChI=1S/C44H50Br2O3/c1-10-12-13-28(11-2)26-48-33-18-14-29(15-19-33)30-16-20-34-36(22-30)40(45)35-21-17-31(23-37(35)41(34)46)32-24-38(43(4,5)6)42(49-27(3)47)39(25-32)44(7,8)9/h14-25,28H,10-13,26H2,1-9H3. The van der Waals surface area contributed by atoms with E-state index in [9.17, 15) is 4.79 Å². The van der Waals surface area contributed by atoms with Crippen LogP contribution in [-0.4, -0.2) is 12.6 Å². The van der Waals surface area contributed by atoms with Crippen molar-refractivity contribution in [3.05, 3.63) is 92.9 Å². The van der Waals surface area contributed by atoms with Gasteiger partial charge in [0.2, 0.25) is 0 Å². The van der Waals surface area contributed by atoms with E-state index in [1.807, 2.05) is 0 Å². The monoisotopic (exact) mass is 784 g/mol. The molecule has 5 aromatic rings. The lowest BCUT2D eigenvalue weighted by atomic mass is 9.77. The molecule has 0 aliphatic heterocycles. The fraction of sp³-hybridized carbons (Fsp3) is 0.386. The lowest BCUT2D eigenvalue weighted by Gasteiger charge is -2.30. The summed E-state index contributed by atoms with van der Waals surface area (Å²) < 4.78 is 14.2. The number of benzene rings is 5. The van der Waals surface area contributed by atoms with Gasteiger partial charge in [0.15, 0.2) is 0 Å². The number of hydrogen-bond acceptors (Lipinski definition) is 3. The summed E-state index contributed by atoms with van der Waals surface area (Å²) in [5, 5.41) is 4.58. The van der Waals surface area contributed by atoms with Crippen LogP contribution in [0.4, 0.5) is 0 Å². The second-order valence-corrected chi connectivity index (χ2v) is 17.0. The van der Waals surface area contributed by atoms with Crippen molar-refractivity contribution in [3.63, 3.8) is 0 Å². The molecule has 258 valence electrons. The molecule has 0 N–H and O–H groups in total. The second-order valence-electron chi connectivity index (χ2n) is 15.4. The van der Waals surface area contributed by atoms with Crippen molar-refractivity contribution in [1.29, 1.82) is 0 Å². The van der Waals surface area contributed by atoms with Gasteiger partial charge in [0.25, 0.3) is 0 Å². The zero-order chi connectivity index (χ0) is 35.7. The van der Waals surface area contributed by atoms with Gasteiger partial charge in [0.1, 0.15) is 11.5 Å². The molecule has 3 nitrogen and oxygen atoms in total. The molecular formula is C44H50Br2O3. The first-order valence-corrected chi connectivity index (χ1v) is 19.2. The van der Waals surface area contributed by atoms with E-state index in [1.165, 1.54) is 26.2 Å². The Kier molecular flexibility index (Phi) is 11.4. The van der Waals surface area contributed by atoms with E-state index in [0.717, 1.165) is 82.6 Å². The Balaban J connectivity index is 1.53. The van der Waals surface area contributed by atoms with Gasteiger partial charge in [-0.05, 0) is 135 Å². The fourth-order valence-corrected chi connectivity index (χ4v) is 7.85. The van der Waals surface area contributed by atoms with Crippen LogP contribution < -0.4 is 9.47 Å². The van der Waals surface area contributed by atoms with Crippen LogP contribution in [0.1, 0.15) is 99.1 Å². The van der Waals surface area contributed by atoms with Gasteiger partial charge in [-0.25, -0.2) is 0 Å². The topological polar surface area (TPSA) is 35.5 Å². The lowest BCUT2D eigenvalue weighted by Crippen LogP contribution is -2.21. The lowest BCUT2D eigenvalue weighted by molar-refractivity contribution is -0.132. The van der Waals surface area contributed by atoms with Crippen molar-refractivity contribution in [1.82, 2.24) is 0 Å². The first-order valence-electron chi connectivity index (χ1n) is 17.6. The van der Waals surface area contributed by atoms with Gasteiger partial charge in [-0.15, -0.1) is 0 Å². The third kappa shape index (κ3) is 8.26. The van der Waals surface area contributed by atoms with Crippen molar-refractivity contribution < 1.29 is 14.3 Å². The van der Waals surface area contributed by atoms with Gasteiger partial charge < -0.3 is 9.47 Å². The second kappa shape index (κ2) is 15.0. The van der Waals surface area contributed by atoms with E-state index in [-0.39, 0.29) is 16.8 Å². The summed E-state index contributed by atoms with van der Waals surface area (Å²) in [5.41, 5.74) is 6.12. The van der Waals surface area contributed by atoms with Crippen molar-refractivity contribution in [2.45, 2.75) is 98.8 Å². The third-order valence-corrected chi connectivity index (χ3v) is 11.2. The SMILES string of the molecule is CCCCC(CC)COc1ccc(-c2ccc3c(Br)c4cc(-c5cc(C(C)(C)C)c(OC(C)=O)c(C(C)(C)C)c5)ccc4c(Br)c3c2)cc1. The van der Waals surface area contributed by atoms with E-state index in [1.54, 1.807) is 0 Å². The van der Waals surface area contributed by atoms with Crippen LogP contribution in [0.2, 0.25) is 0 Å². The van der Waals surface area contributed by atoms with Crippen LogP contribution in [0.3, 0.4) is 0 Å². The predicted molar refractivity (Wildman–Crippen MR) is 215 cm³/mol. The number of ether oxygens (including phenoxy) is 2. The van der Waals surface area contributed by atoms with Gasteiger partial charge >= 0.3 is 5.97 Å². The summed E-state index contributed by atoms with van der Waals surface area (Å²) in [5.74, 6) is 1.91. The molecule has 5 aromatic carbocycles. The molecule has 0 spiro atoms. The van der Waals surface area contributed by atoms with Gasteiger partial charge in [0, 0.05) is 27.0 Å². The van der Waals surface area contributed by atoms with Crippen LogP contribution in [0.25, 0.3) is 43.8 Å². The number of fused-ring (bicyclic) bond motifs is 2. The number of rotatable bonds is 10. The summed E-state index contributed by atoms with van der Waals surface area (Å²) in [6, 6.07) is 26.2. The Morgan fingerprint density at radius 1 is 0.673 bits per heavy atom. The number of carbonyl (C=O) groups is 1. The molecule has 49 heavy (non-hydrogen) atoms. The Hall–Kier alpha value is -3.15. The molecule has 0 bridgehead atoms. The molecule has 0 radical (unpaired) electrons. The van der Waals surface area contributed by atoms with E-state index >= 15 is 0 Å². The minimum absolute atomic E-state index is 0.227. The number of unbranched alkanes of at least 4 members (excludes halogenated alkanes) is 1. The Bertz CT molecular complexity index is 1940. The van der Waals surface area contributed by atoms with E-state index in [4.69, 9.17) is 9.47 Å². The molecule has 0 saturated carbocycles. The molecule has 0 fully saturated rings. The average molecular weight is 787 g/mol. The maximum atomic E-state index is 12.2. The van der Waals surface area contributed by atoms with Crippen LogP contribution in [0.15, 0.2) is 81.7 Å².